The van der Waals surface area contributed by atoms with Crippen LogP contribution >= 0.6 is 15.9 Å². The summed E-state index contributed by atoms with van der Waals surface area (Å²) in [6, 6.07) is 13.7. The van der Waals surface area contributed by atoms with Crippen molar-refractivity contribution in [1.82, 2.24) is 0 Å². The van der Waals surface area contributed by atoms with Gasteiger partial charge in [-0.15, -0.1) is 0 Å². The number of ether oxygens (including phenoxy) is 1. The number of aliphatic hydroxyl groups excluding tert-OH is 1. The molecule has 0 aliphatic rings. The smallest absolute Gasteiger partial charge is 0.122 e. The molecule has 0 saturated heterocycles. The number of halogens is 1. The van der Waals surface area contributed by atoms with E-state index in [9.17, 15) is 5.11 Å². The van der Waals surface area contributed by atoms with Crippen LogP contribution in [0.1, 0.15) is 22.8 Å². The second-order valence-corrected chi connectivity index (χ2v) is 5.45. The minimum absolute atomic E-state index is 0.524. The van der Waals surface area contributed by atoms with Gasteiger partial charge in [-0.25, -0.2) is 0 Å². The van der Waals surface area contributed by atoms with Crippen LogP contribution in [0, 0.1) is 6.92 Å². The van der Waals surface area contributed by atoms with Crippen LogP contribution in [0.5, 0.6) is 5.75 Å². The van der Waals surface area contributed by atoms with Crippen molar-refractivity contribution in [2.45, 2.75) is 19.4 Å². The lowest BCUT2D eigenvalue weighted by Gasteiger charge is -2.16. The van der Waals surface area contributed by atoms with Gasteiger partial charge in [-0.05, 0) is 41.8 Å². The Labute approximate surface area is 122 Å². The zero-order valence-corrected chi connectivity index (χ0v) is 12.6. The SMILES string of the molecule is COc1ccc(Br)cc1CC(O)c1ccccc1C. The first kappa shape index (κ1) is 14.1. The molecule has 0 bridgehead atoms. The molecule has 2 aromatic rings. The second-order valence-electron chi connectivity index (χ2n) is 4.53. The topological polar surface area (TPSA) is 29.5 Å². The van der Waals surface area contributed by atoms with Crippen LogP contribution in [-0.2, 0) is 6.42 Å². The number of methoxy groups -OCH3 is 1. The highest BCUT2D eigenvalue weighted by Gasteiger charge is 2.14. The van der Waals surface area contributed by atoms with Gasteiger partial charge in [0.25, 0.3) is 0 Å². The van der Waals surface area contributed by atoms with Gasteiger partial charge in [-0.1, -0.05) is 40.2 Å². The lowest BCUT2D eigenvalue weighted by atomic mass is 9.97. The molecule has 0 heterocycles. The van der Waals surface area contributed by atoms with Crippen molar-refractivity contribution in [3.8, 4) is 5.75 Å². The summed E-state index contributed by atoms with van der Waals surface area (Å²) in [7, 11) is 1.65. The molecule has 0 radical (unpaired) electrons. The van der Waals surface area contributed by atoms with Crippen LogP contribution in [0.3, 0.4) is 0 Å². The van der Waals surface area contributed by atoms with Gasteiger partial charge in [-0.2, -0.15) is 0 Å². The maximum Gasteiger partial charge on any atom is 0.122 e. The third-order valence-electron chi connectivity index (χ3n) is 3.20. The Morgan fingerprint density at radius 3 is 2.63 bits per heavy atom. The molecule has 1 atom stereocenters. The highest BCUT2D eigenvalue weighted by molar-refractivity contribution is 9.10. The van der Waals surface area contributed by atoms with Gasteiger partial charge in [0.15, 0.2) is 0 Å². The molecule has 0 spiro atoms. The zero-order chi connectivity index (χ0) is 13.8. The molecule has 0 aromatic heterocycles. The first-order chi connectivity index (χ1) is 9.11. The van der Waals surface area contributed by atoms with Crippen molar-refractivity contribution in [1.29, 1.82) is 0 Å². The van der Waals surface area contributed by atoms with Gasteiger partial charge in [0.1, 0.15) is 5.75 Å². The number of aryl methyl sites for hydroxylation is 1. The van der Waals surface area contributed by atoms with Gasteiger partial charge in [0.05, 0.1) is 13.2 Å². The summed E-state index contributed by atoms with van der Waals surface area (Å²) < 4.78 is 6.32. The van der Waals surface area contributed by atoms with E-state index in [1.165, 1.54) is 0 Å². The first-order valence-corrected chi connectivity index (χ1v) is 6.97. The van der Waals surface area contributed by atoms with Crippen LogP contribution in [-0.4, -0.2) is 12.2 Å². The Hall–Kier alpha value is -1.32. The van der Waals surface area contributed by atoms with Crippen LogP contribution in [0.2, 0.25) is 0 Å². The molecule has 1 N–H and O–H groups in total. The Kier molecular flexibility index (Phi) is 4.61. The van der Waals surface area contributed by atoms with E-state index in [1.54, 1.807) is 7.11 Å². The molecule has 0 amide bonds. The molecule has 19 heavy (non-hydrogen) atoms. The monoisotopic (exact) mass is 320 g/mol. The highest BCUT2D eigenvalue weighted by atomic mass is 79.9. The Balaban J connectivity index is 2.26. The van der Waals surface area contributed by atoms with Crippen LogP contribution in [0.25, 0.3) is 0 Å². The van der Waals surface area contributed by atoms with Gasteiger partial charge in [0, 0.05) is 10.9 Å². The van der Waals surface area contributed by atoms with Crippen molar-refractivity contribution in [3.05, 3.63) is 63.6 Å². The predicted molar refractivity (Wildman–Crippen MR) is 80.5 cm³/mol. The summed E-state index contributed by atoms with van der Waals surface area (Å²) in [6.45, 7) is 2.01. The van der Waals surface area contributed by atoms with Crippen LogP contribution in [0.15, 0.2) is 46.9 Å². The number of rotatable bonds is 4. The molecule has 100 valence electrons. The molecule has 2 rings (SSSR count). The molecule has 3 heteroatoms. The summed E-state index contributed by atoms with van der Waals surface area (Å²) in [5.74, 6) is 0.802. The number of hydrogen-bond donors (Lipinski definition) is 1. The van der Waals surface area contributed by atoms with Crippen LogP contribution < -0.4 is 4.74 Å². The van der Waals surface area contributed by atoms with Gasteiger partial charge >= 0.3 is 0 Å². The van der Waals surface area contributed by atoms with E-state index in [2.05, 4.69) is 15.9 Å². The first-order valence-electron chi connectivity index (χ1n) is 6.18. The fraction of sp³-hybridized carbons (Fsp3) is 0.250. The van der Waals surface area contributed by atoms with E-state index in [4.69, 9.17) is 4.74 Å². The second kappa shape index (κ2) is 6.22. The van der Waals surface area contributed by atoms with E-state index in [0.29, 0.717) is 6.42 Å². The largest absolute Gasteiger partial charge is 0.496 e. The van der Waals surface area contributed by atoms with Crippen LogP contribution in [0.4, 0.5) is 0 Å². The molecule has 0 aliphatic heterocycles. The maximum atomic E-state index is 10.4. The Morgan fingerprint density at radius 1 is 1.21 bits per heavy atom. The van der Waals surface area contributed by atoms with Crippen molar-refractivity contribution in [2.75, 3.05) is 7.11 Å². The zero-order valence-electron chi connectivity index (χ0n) is 11.1. The minimum atomic E-state index is -0.524. The summed E-state index contributed by atoms with van der Waals surface area (Å²) in [5.41, 5.74) is 3.06. The van der Waals surface area contributed by atoms with Gasteiger partial charge < -0.3 is 9.84 Å². The summed E-state index contributed by atoms with van der Waals surface area (Å²) in [6.07, 6.45) is 0.0115. The predicted octanol–water partition coefficient (Wildman–Crippen LogP) is 4.04. The fourth-order valence-corrected chi connectivity index (χ4v) is 2.59. The maximum absolute atomic E-state index is 10.4. The quantitative estimate of drug-likeness (QED) is 0.921. The summed E-state index contributed by atoms with van der Waals surface area (Å²) in [4.78, 5) is 0. The fourth-order valence-electron chi connectivity index (χ4n) is 2.19. The van der Waals surface area contributed by atoms with E-state index in [0.717, 1.165) is 26.9 Å². The lowest BCUT2D eigenvalue weighted by Crippen LogP contribution is -2.05. The molecule has 2 aromatic carbocycles. The van der Waals surface area contributed by atoms with E-state index < -0.39 is 6.10 Å². The molecule has 2 nitrogen and oxygen atoms in total. The standard InChI is InChI=1S/C16H17BrO2/c1-11-5-3-4-6-14(11)15(18)10-12-9-13(17)7-8-16(12)19-2/h3-9,15,18H,10H2,1-2H3. The molecule has 0 aliphatic carbocycles. The van der Waals surface area contributed by atoms with E-state index in [1.807, 2.05) is 49.4 Å². The lowest BCUT2D eigenvalue weighted by molar-refractivity contribution is 0.176. The normalized spacial score (nSPS) is 12.2. The highest BCUT2D eigenvalue weighted by Crippen LogP contribution is 2.28. The van der Waals surface area contributed by atoms with Gasteiger partial charge in [0.2, 0.25) is 0 Å². The van der Waals surface area contributed by atoms with Crippen molar-refractivity contribution < 1.29 is 9.84 Å². The number of aliphatic hydroxyl groups is 1. The number of benzene rings is 2. The van der Waals surface area contributed by atoms with Crippen molar-refractivity contribution in [3.63, 3.8) is 0 Å². The number of hydrogen-bond acceptors (Lipinski definition) is 2. The molecule has 0 saturated carbocycles. The minimum Gasteiger partial charge on any atom is -0.496 e. The Morgan fingerprint density at radius 2 is 1.95 bits per heavy atom. The Bertz CT molecular complexity index is 566. The molecule has 1 unspecified atom stereocenters. The molecular formula is C16H17BrO2. The van der Waals surface area contributed by atoms with E-state index in [-0.39, 0.29) is 0 Å². The summed E-state index contributed by atoms with van der Waals surface area (Å²) >= 11 is 3.45. The molecule has 0 fully saturated rings. The summed E-state index contributed by atoms with van der Waals surface area (Å²) in [5, 5.41) is 10.4. The van der Waals surface area contributed by atoms with Gasteiger partial charge in [-0.3, -0.25) is 0 Å². The van der Waals surface area contributed by atoms with E-state index >= 15 is 0 Å². The average Bonchev–Trinajstić information content (AvgIpc) is 2.39. The molecular weight excluding hydrogens is 304 g/mol. The van der Waals surface area contributed by atoms with Crippen molar-refractivity contribution >= 4 is 15.9 Å². The van der Waals surface area contributed by atoms with Crippen molar-refractivity contribution in [2.24, 2.45) is 0 Å². The third-order valence-corrected chi connectivity index (χ3v) is 3.70. The average molecular weight is 321 g/mol. The third kappa shape index (κ3) is 3.37.